The monoisotopic (exact) mass is 446 g/mol. The summed E-state index contributed by atoms with van der Waals surface area (Å²) in [5.41, 5.74) is 3.03. The van der Waals surface area contributed by atoms with Gasteiger partial charge in [-0.15, -0.1) is 0 Å². The van der Waals surface area contributed by atoms with Gasteiger partial charge in [0.25, 0.3) is 0 Å². The number of nitrogens with one attached hydrogen (secondary N) is 1. The van der Waals surface area contributed by atoms with Gasteiger partial charge in [-0.3, -0.25) is 18.4 Å². The molecule has 168 valence electrons. The number of rotatable bonds is 7. The van der Waals surface area contributed by atoms with Crippen molar-refractivity contribution in [3.05, 3.63) is 22.7 Å². The summed E-state index contributed by atoms with van der Waals surface area (Å²) in [4.78, 5) is 27.8. The maximum Gasteiger partial charge on any atom is 0.406 e. The first-order valence-corrected chi connectivity index (χ1v) is 11.2. The highest BCUT2D eigenvalue weighted by Crippen LogP contribution is 2.55. The molecule has 0 aromatic carbocycles. The summed E-state index contributed by atoms with van der Waals surface area (Å²) in [7, 11) is -3.96. The number of nitrogen functional groups attached to an aromatic ring is 1. The lowest BCUT2D eigenvalue weighted by atomic mass is 9.96. The number of nitrogens with two attached hydrogens (primary N) is 1. The van der Waals surface area contributed by atoms with E-state index in [0.717, 1.165) is 11.0 Å². The van der Waals surface area contributed by atoms with Crippen LogP contribution in [0.4, 0.5) is 5.82 Å². The zero-order chi connectivity index (χ0) is 22.1. The number of hydrogen-bond donors (Lipinski definition) is 3. The van der Waals surface area contributed by atoms with E-state index in [1.165, 1.54) is 26.1 Å². The highest BCUT2D eigenvalue weighted by Gasteiger charge is 2.60. The molecule has 3 heterocycles. The fourth-order valence-electron chi connectivity index (χ4n) is 3.30. The molecule has 2 aliphatic heterocycles. The number of aromatic nitrogens is 2. The average Bonchev–Trinajstić information content (AvgIpc) is 2.92. The highest BCUT2D eigenvalue weighted by molar-refractivity contribution is 7.51. The van der Waals surface area contributed by atoms with Gasteiger partial charge in [0.2, 0.25) is 0 Å². The van der Waals surface area contributed by atoms with Crippen molar-refractivity contribution in [3.63, 3.8) is 0 Å². The van der Waals surface area contributed by atoms with Gasteiger partial charge < -0.3 is 20.3 Å². The molecule has 12 nitrogen and oxygen atoms in total. The maximum absolute atomic E-state index is 13.0. The van der Waals surface area contributed by atoms with Crippen LogP contribution >= 0.6 is 7.75 Å². The van der Waals surface area contributed by atoms with Gasteiger partial charge in [-0.25, -0.2) is 14.4 Å². The summed E-state index contributed by atoms with van der Waals surface area (Å²) in [5.74, 6) is -0.570. The van der Waals surface area contributed by atoms with Gasteiger partial charge in [-0.1, -0.05) is 13.3 Å². The topological polar surface area (TPSA) is 164 Å². The lowest BCUT2D eigenvalue weighted by Crippen LogP contribution is -2.50. The number of nitrogens with zero attached hydrogens (tertiary/aromatic N) is 2. The number of carbonyl (C=O) groups excluding carboxylic acids is 1. The second-order valence-electron chi connectivity index (χ2n) is 7.49. The average molecular weight is 446 g/mol. The van der Waals surface area contributed by atoms with E-state index < -0.39 is 49.5 Å². The first-order valence-electron chi connectivity index (χ1n) is 9.67. The Bertz CT molecular complexity index is 891. The van der Waals surface area contributed by atoms with E-state index in [0.29, 0.717) is 6.42 Å². The Morgan fingerprint density at radius 3 is 3.00 bits per heavy atom. The normalized spacial score (nSPS) is 34.3. The third kappa shape index (κ3) is 4.58. The molecule has 2 aliphatic rings. The zero-order valence-corrected chi connectivity index (χ0v) is 17.9. The Hall–Kier alpha value is -1.82. The fraction of sp³-hybridized carbons (Fsp3) is 0.706. The molecule has 13 heteroatoms. The Labute approximate surface area is 173 Å². The predicted octanol–water partition coefficient (Wildman–Crippen LogP) is 0.319. The van der Waals surface area contributed by atoms with E-state index in [-0.39, 0.29) is 19.0 Å². The van der Waals surface area contributed by atoms with Crippen molar-refractivity contribution in [3.8, 4) is 0 Å². The van der Waals surface area contributed by atoms with E-state index in [9.17, 15) is 19.3 Å². The molecule has 1 aromatic heterocycles. The van der Waals surface area contributed by atoms with Crippen LogP contribution in [0.1, 0.15) is 39.8 Å². The molecule has 2 fully saturated rings. The van der Waals surface area contributed by atoms with Gasteiger partial charge in [0, 0.05) is 6.20 Å². The first kappa shape index (κ1) is 22.9. The van der Waals surface area contributed by atoms with Crippen molar-refractivity contribution >= 4 is 19.5 Å². The lowest BCUT2D eigenvalue weighted by Gasteiger charge is -2.36. The molecule has 1 aromatic rings. The van der Waals surface area contributed by atoms with E-state index in [1.807, 2.05) is 6.92 Å². The summed E-state index contributed by atoms with van der Waals surface area (Å²) in [5, 5.41) is 13.6. The molecular formula is C17H27N4O8P. The maximum atomic E-state index is 13.0. The second-order valence-corrected chi connectivity index (χ2v) is 9.21. The van der Waals surface area contributed by atoms with Crippen LogP contribution in [-0.2, 0) is 27.9 Å². The van der Waals surface area contributed by atoms with Crippen LogP contribution in [0.3, 0.4) is 0 Å². The van der Waals surface area contributed by atoms with Crippen molar-refractivity contribution in [2.24, 2.45) is 0 Å². The third-order valence-corrected chi connectivity index (χ3v) is 6.63. The molecule has 0 aliphatic carbocycles. The molecule has 4 N–H and O–H groups in total. The minimum atomic E-state index is -3.96. The third-order valence-electron chi connectivity index (χ3n) is 4.93. The van der Waals surface area contributed by atoms with Crippen LogP contribution in [0.15, 0.2) is 17.1 Å². The minimum absolute atomic E-state index is 0.0272. The van der Waals surface area contributed by atoms with Gasteiger partial charge in [0.15, 0.2) is 6.23 Å². The van der Waals surface area contributed by atoms with E-state index in [4.69, 9.17) is 24.3 Å². The summed E-state index contributed by atoms with van der Waals surface area (Å²) >= 11 is 0. The highest BCUT2D eigenvalue weighted by atomic mass is 31.2. The van der Waals surface area contributed by atoms with Gasteiger partial charge in [0.1, 0.15) is 29.7 Å². The number of unbranched alkanes of at least 4 members (excludes halogenated alkanes) is 1. The smallest absolute Gasteiger partial charge is 0.406 e. The van der Waals surface area contributed by atoms with Crippen LogP contribution in [0.25, 0.3) is 0 Å². The SMILES string of the molecule is CCCCOC(=O)[C@H](C)N[P@]1(=O)OC[C@H]2O[C@@H](n3ccc(N)nc3=O)[C@](C)(O)[C@@H]2O1. The second kappa shape index (κ2) is 8.74. The standard InChI is InChI=1S/C17H27N4O8P/c1-4-5-8-26-14(22)10(2)20-30(25)27-9-11-13(29-30)17(3,24)15(28-11)21-7-6-12(18)19-16(21)23/h6-7,10-11,13,15,24H,4-5,8-9H2,1-3H3,(H,20,25)(H2,18,19,23)/t10-,11+,13+,15+,17+,30-/m0/s1. The molecule has 0 amide bonds. The fourth-order valence-corrected chi connectivity index (χ4v) is 5.06. The molecular weight excluding hydrogens is 419 g/mol. The van der Waals surface area contributed by atoms with Crippen molar-refractivity contribution < 1.29 is 33.0 Å². The van der Waals surface area contributed by atoms with E-state index >= 15 is 0 Å². The number of anilines is 1. The van der Waals surface area contributed by atoms with Crippen LogP contribution < -0.4 is 16.5 Å². The predicted molar refractivity (Wildman–Crippen MR) is 104 cm³/mol. The van der Waals surface area contributed by atoms with Gasteiger partial charge in [-0.05, 0) is 26.3 Å². The van der Waals surface area contributed by atoms with Crippen LogP contribution in [0, 0.1) is 0 Å². The molecule has 0 bridgehead atoms. The molecule has 2 saturated heterocycles. The number of ether oxygens (including phenoxy) is 2. The van der Waals surface area contributed by atoms with Crippen LogP contribution in [-0.4, -0.2) is 57.7 Å². The van der Waals surface area contributed by atoms with Gasteiger partial charge >= 0.3 is 19.4 Å². The summed E-state index contributed by atoms with van der Waals surface area (Å²) in [6.07, 6.45) is -0.138. The summed E-state index contributed by atoms with van der Waals surface area (Å²) < 4.78 is 35.8. The molecule has 30 heavy (non-hydrogen) atoms. The minimum Gasteiger partial charge on any atom is -0.465 e. The quantitative estimate of drug-likeness (QED) is 0.300. The van der Waals surface area contributed by atoms with Gasteiger partial charge in [0.05, 0.1) is 13.2 Å². The van der Waals surface area contributed by atoms with Crippen molar-refractivity contribution in [1.29, 1.82) is 0 Å². The molecule has 3 rings (SSSR count). The zero-order valence-electron chi connectivity index (χ0n) is 17.0. The van der Waals surface area contributed by atoms with Crippen molar-refractivity contribution in [1.82, 2.24) is 14.6 Å². The molecule has 6 atom stereocenters. The first-order chi connectivity index (χ1) is 14.1. The number of hydrogen-bond acceptors (Lipinski definition) is 10. The van der Waals surface area contributed by atoms with Crippen LogP contribution in [0.2, 0.25) is 0 Å². The molecule has 0 spiro atoms. The summed E-state index contributed by atoms with van der Waals surface area (Å²) in [6.45, 7) is 4.90. The molecule has 0 radical (unpaired) electrons. The number of esters is 1. The van der Waals surface area contributed by atoms with Crippen LogP contribution in [0.5, 0.6) is 0 Å². The Kier molecular flexibility index (Phi) is 6.66. The molecule has 0 unspecified atom stereocenters. The number of carbonyl (C=O) groups is 1. The van der Waals surface area contributed by atoms with Gasteiger partial charge in [-0.2, -0.15) is 4.98 Å². The number of fused-ring (bicyclic) bond motifs is 1. The van der Waals surface area contributed by atoms with E-state index in [2.05, 4.69) is 10.1 Å². The lowest BCUT2D eigenvalue weighted by molar-refractivity contribution is -0.145. The Morgan fingerprint density at radius 2 is 2.33 bits per heavy atom. The summed E-state index contributed by atoms with van der Waals surface area (Å²) in [6, 6.07) is 0.426. The van der Waals surface area contributed by atoms with Crippen molar-refractivity contribution in [2.45, 2.75) is 63.7 Å². The Balaban J connectivity index is 1.72. The van der Waals surface area contributed by atoms with Crippen molar-refractivity contribution in [2.75, 3.05) is 18.9 Å². The molecule has 0 saturated carbocycles. The van der Waals surface area contributed by atoms with E-state index in [1.54, 1.807) is 0 Å². The largest absolute Gasteiger partial charge is 0.465 e. The number of aliphatic hydroxyl groups is 1. The Morgan fingerprint density at radius 1 is 1.60 bits per heavy atom.